The molecule has 3 unspecified atom stereocenters. The molecular formula is C26H24N2O5. The average molecular weight is 444 g/mol. The molecule has 1 amide bonds. The van der Waals surface area contributed by atoms with Gasteiger partial charge in [0.2, 0.25) is 5.78 Å². The van der Waals surface area contributed by atoms with Crippen LogP contribution in [0.4, 0.5) is 4.79 Å². The lowest BCUT2D eigenvalue weighted by Gasteiger charge is -2.40. The Bertz CT molecular complexity index is 1110. The van der Waals surface area contributed by atoms with E-state index in [4.69, 9.17) is 4.74 Å². The molecule has 0 saturated carbocycles. The van der Waals surface area contributed by atoms with Gasteiger partial charge in [0.1, 0.15) is 5.69 Å². The summed E-state index contributed by atoms with van der Waals surface area (Å²) in [5, 5.41) is 9.91. The number of hydrogen-bond donors (Lipinski definition) is 1. The predicted octanol–water partition coefficient (Wildman–Crippen LogP) is 4.62. The molecule has 0 aliphatic carbocycles. The molecule has 2 aromatic carbocycles. The molecular weight excluding hydrogens is 420 g/mol. The van der Waals surface area contributed by atoms with Crippen molar-refractivity contribution in [2.24, 2.45) is 5.92 Å². The van der Waals surface area contributed by atoms with Gasteiger partial charge < -0.3 is 14.7 Å². The number of hydrogen-bond acceptors (Lipinski definition) is 5. The first-order chi connectivity index (χ1) is 16.0. The van der Waals surface area contributed by atoms with Crippen LogP contribution in [-0.2, 0) is 4.74 Å². The van der Waals surface area contributed by atoms with Crippen LogP contribution in [0.5, 0.6) is 0 Å². The number of likely N-dealkylation sites (tertiary alicyclic amines) is 1. The highest BCUT2D eigenvalue weighted by Crippen LogP contribution is 2.36. The fraction of sp³-hybridized carbons (Fsp3) is 0.231. The number of aromatic nitrogens is 1. The van der Waals surface area contributed by atoms with Crippen molar-refractivity contribution in [1.82, 2.24) is 9.88 Å². The summed E-state index contributed by atoms with van der Waals surface area (Å²) in [7, 11) is 0. The van der Waals surface area contributed by atoms with Crippen LogP contribution in [0.25, 0.3) is 0 Å². The summed E-state index contributed by atoms with van der Waals surface area (Å²) in [5.41, 5.74) is 1.40. The van der Waals surface area contributed by atoms with Gasteiger partial charge in [-0.05, 0) is 42.7 Å². The third-order valence-corrected chi connectivity index (χ3v) is 5.90. The lowest BCUT2D eigenvalue weighted by molar-refractivity contribution is -0.00277. The number of pyridine rings is 1. The van der Waals surface area contributed by atoms with Crippen molar-refractivity contribution in [3.05, 3.63) is 102 Å². The molecule has 0 bridgehead atoms. The number of benzene rings is 2. The molecule has 0 radical (unpaired) electrons. The molecule has 1 aliphatic rings. The quantitative estimate of drug-likeness (QED) is 0.440. The Labute approximate surface area is 191 Å². The molecule has 4 rings (SSSR count). The molecule has 168 valence electrons. The molecule has 7 nitrogen and oxygen atoms in total. The van der Waals surface area contributed by atoms with E-state index >= 15 is 0 Å². The molecule has 1 aromatic heterocycles. The minimum atomic E-state index is -1.15. The number of piperidine rings is 1. The van der Waals surface area contributed by atoms with Gasteiger partial charge in [-0.25, -0.2) is 9.59 Å². The van der Waals surface area contributed by atoms with Crippen molar-refractivity contribution in [3.8, 4) is 0 Å². The summed E-state index contributed by atoms with van der Waals surface area (Å²) >= 11 is 0. The smallest absolute Gasteiger partial charge is 0.407 e. The minimum Gasteiger partial charge on any atom is -0.465 e. The van der Waals surface area contributed by atoms with E-state index in [0.29, 0.717) is 18.4 Å². The number of carbonyl (C=O) groups excluding carboxylic acids is 2. The van der Waals surface area contributed by atoms with Gasteiger partial charge >= 0.3 is 12.1 Å². The number of ketones is 1. The van der Waals surface area contributed by atoms with Crippen LogP contribution < -0.4 is 0 Å². The first kappa shape index (κ1) is 22.2. The van der Waals surface area contributed by atoms with Crippen molar-refractivity contribution in [1.29, 1.82) is 0 Å². The number of rotatable bonds is 6. The lowest BCUT2D eigenvalue weighted by atomic mass is 9.84. The van der Waals surface area contributed by atoms with E-state index in [1.165, 1.54) is 11.1 Å². The number of ether oxygens (including phenoxy) is 1. The molecule has 33 heavy (non-hydrogen) atoms. The van der Waals surface area contributed by atoms with E-state index in [-0.39, 0.29) is 18.3 Å². The van der Waals surface area contributed by atoms with E-state index in [0.717, 1.165) is 5.56 Å². The van der Waals surface area contributed by atoms with Crippen molar-refractivity contribution in [2.75, 3.05) is 6.54 Å². The van der Waals surface area contributed by atoms with Gasteiger partial charge in [0.25, 0.3) is 0 Å². The molecule has 1 aliphatic heterocycles. The maximum absolute atomic E-state index is 13.3. The Hall–Kier alpha value is -4.00. The standard InChI is InChI=1S/C26H24N2O5/c29-23(21-13-7-8-16-27-21)24(33-25(30)19-11-5-2-6-12-19)20-14-15-22(28(17-20)26(31)32)18-9-3-1-4-10-18/h1-13,16,20,22,24H,14-15,17H2,(H,31,32). The Morgan fingerprint density at radius 3 is 2.21 bits per heavy atom. The van der Waals surface area contributed by atoms with E-state index in [1.54, 1.807) is 48.5 Å². The van der Waals surface area contributed by atoms with E-state index < -0.39 is 29.9 Å². The molecule has 3 atom stereocenters. The number of nitrogens with zero attached hydrogens (tertiary/aromatic N) is 2. The number of carbonyl (C=O) groups is 3. The molecule has 3 aromatic rings. The van der Waals surface area contributed by atoms with E-state index in [1.807, 2.05) is 30.3 Å². The molecule has 1 N–H and O–H groups in total. The zero-order valence-corrected chi connectivity index (χ0v) is 17.9. The van der Waals surface area contributed by atoms with Gasteiger partial charge in [-0.15, -0.1) is 0 Å². The highest BCUT2D eigenvalue weighted by molar-refractivity contribution is 6.00. The van der Waals surface area contributed by atoms with Gasteiger partial charge in [0, 0.05) is 18.7 Å². The second-order valence-corrected chi connectivity index (χ2v) is 7.97. The fourth-order valence-electron chi connectivity index (χ4n) is 4.25. The third kappa shape index (κ3) is 5.09. The van der Waals surface area contributed by atoms with Gasteiger partial charge in [-0.2, -0.15) is 0 Å². The van der Waals surface area contributed by atoms with Crippen LogP contribution in [0.3, 0.4) is 0 Å². The largest absolute Gasteiger partial charge is 0.465 e. The Morgan fingerprint density at radius 2 is 1.58 bits per heavy atom. The van der Waals surface area contributed by atoms with Gasteiger partial charge in [0.05, 0.1) is 11.6 Å². The molecule has 7 heteroatoms. The maximum atomic E-state index is 13.3. The molecule has 0 spiro atoms. The minimum absolute atomic E-state index is 0.0696. The number of carboxylic acid groups (broad SMARTS) is 1. The summed E-state index contributed by atoms with van der Waals surface area (Å²) in [4.78, 5) is 43.7. The zero-order valence-electron chi connectivity index (χ0n) is 17.9. The topological polar surface area (TPSA) is 96.8 Å². The van der Waals surface area contributed by atoms with E-state index in [9.17, 15) is 19.5 Å². The van der Waals surface area contributed by atoms with Crippen molar-refractivity contribution in [3.63, 3.8) is 0 Å². The predicted molar refractivity (Wildman–Crippen MR) is 121 cm³/mol. The van der Waals surface area contributed by atoms with Crippen LogP contribution in [0, 0.1) is 5.92 Å². The second-order valence-electron chi connectivity index (χ2n) is 7.97. The lowest BCUT2D eigenvalue weighted by Crippen LogP contribution is -2.48. The maximum Gasteiger partial charge on any atom is 0.407 e. The first-order valence-electron chi connectivity index (χ1n) is 10.8. The second kappa shape index (κ2) is 10.1. The van der Waals surface area contributed by atoms with Crippen molar-refractivity contribution < 1.29 is 24.2 Å². The Morgan fingerprint density at radius 1 is 0.909 bits per heavy atom. The molecule has 1 fully saturated rings. The SMILES string of the molecule is O=C(OC(C(=O)c1ccccn1)C1CCC(c2ccccc2)N(C(=O)O)C1)c1ccccc1. The highest BCUT2D eigenvalue weighted by Gasteiger charge is 2.41. The Balaban J connectivity index is 1.61. The summed E-state index contributed by atoms with van der Waals surface area (Å²) < 4.78 is 5.71. The third-order valence-electron chi connectivity index (χ3n) is 5.90. The van der Waals surface area contributed by atoms with Crippen LogP contribution in [-0.4, -0.2) is 45.5 Å². The van der Waals surface area contributed by atoms with Crippen molar-refractivity contribution in [2.45, 2.75) is 25.0 Å². The normalized spacial score (nSPS) is 18.8. The Kier molecular flexibility index (Phi) is 6.78. The summed E-state index contributed by atoms with van der Waals surface area (Å²) in [6, 6.07) is 22.5. The first-order valence-corrected chi connectivity index (χ1v) is 10.8. The van der Waals surface area contributed by atoms with Crippen molar-refractivity contribution >= 4 is 17.8 Å². The molecule has 2 heterocycles. The summed E-state index contributed by atoms with van der Waals surface area (Å²) in [6.45, 7) is 0.0696. The van der Waals surface area contributed by atoms with Crippen LogP contribution in [0.15, 0.2) is 85.1 Å². The number of amides is 1. The van der Waals surface area contributed by atoms with Crippen LogP contribution >= 0.6 is 0 Å². The van der Waals surface area contributed by atoms with Gasteiger partial charge in [-0.1, -0.05) is 54.6 Å². The summed E-state index contributed by atoms with van der Waals surface area (Å²) in [6.07, 6.45) is 0.308. The van der Waals surface area contributed by atoms with Crippen LogP contribution in [0.2, 0.25) is 0 Å². The fourth-order valence-corrected chi connectivity index (χ4v) is 4.25. The number of Topliss-reactive ketones (excluding diaryl/α,β-unsaturated/α-hetero) is 1. The monoisotopic (exact) mass is 444 g/mol. The molecule has 1 saturated heterocycles. The highest BCUT2D eigenvalue weighted by atomic mass is 16.5. The van der Waals surface area contributed by atoms with Gasteiger partial charge in [-0.3, -0.25) is 9.78 Å². The zero-order chi connectivity index (χ0) is 23.2. The average Bonchev–Trinajstić information content (AvgIpc) is 2.88. The van der Waals surface area contributed by atoms with E-state index in [2.05, 4.69) is 4.98 Å². The van der Waals surface area contributed by atoms with Crippen LogP contribution in [0.1, 0.15) is 45.3 Å². The summed E-state index contributed by atoms with van der Waals surface area (Å²) in [5.74, 6) is -1.56. The number of esters is 1. The van der Waals surface area contributed by atoms with Gasteiger partial charge in [0.15, 0.2) is 6.10 Å².